The minimum absolute atomic E-state index is 0.0467. The molecule has 2 heterocycles. The van der Waals surface area contributed by atoms with E-state index in [1.54, 1.807) is 28.9 Å². The second-order valence-corrected chi connectivity index (χ2v) is 6.86. The van der Waals surface area contributed by atoms with E-state index in [-0.39, 0.29) is 18.2 Å². The lowest BCUT2D eigenvalue weighted by Gasteiger charge is -2.28. The Bertz CT molecular complexity index is 1030. The van der Waals surface area contributed by atoms with Gasteiger partial charge in [0.05, 0.1) is 17.8 Å². The molecule has 142 valence electrons. The highest BCUT2D eigenvalue weighted by Crippen LogP contribution is 2.34. The molecule has 0 unspecified atom stereocenters. The molecule has 0 saturated carbocycles. The number of halogens is 1. The van der Waals surface area contributed by atoms with E-state index in [0.29, 0.717) is 17.8 Å². The Morgan fingerprint density at radius 1 is 1.29 bits per heavy atom. The summed E-state index contributed by atoms with van der Waals surface area (Å²) < 4.78 is 15.2. The predicted octanol–water partition coefficient (Wildman–Crippen LogP) is 3.10. The third-order valence-corrected chi connectivity index (χ3v) is 4.81. The minimum Gasteiger partial charge on any atom is -0.341 e. The van der Waals surface area contributed by atoms with Gasteiger partial charge >= 0.3 is 0 Å². The first-order valence-electron chi connectivity index (χ1n) is 8.94. The molecule has 1 aliphatic rings. The third-order valence-electron chi connectivity index (χ3n) is 4.81. The Kier molecular flexibility index (Phi) is 4.65. The molecule has 7 heteroatoms. The largest absolute Gasteiger partial charge is 0.341 e. The van der Waals surface area contributed by atoms with Crippen molar-refractivity contribution in [2.75, 3.05) is 12.4 Å². The van der Waals surface area contributed by atoms with Crippen molar-refractivity contribution in [3.05, 3.63) is 77.9 Å². The Hall–Kier alpha value is -3.48. The Balaban J connectivity index is 1.52. The number of hydrogen-bond acceptors (Lipinski definition) is 3. The Labute approximate surface area is 161 Å². The molecule has 1 aliphatic heterocycles. The van der Waals surface area contributed by atoms with Crippen molar-refractivity contribution in [3.8, 4) is 5.69 Å². The zero-order valence-corrected chi connectivity index (χ0v) is 15.3. The predicted molar refractivity (Wildman–Crippen MR) is 102 cm³/mol. The van der Waals surface area contributed by atoms with Crippen molar-refractivity contribution >= 4 is 17.5 Å². The number of aromatic nitrogens is 2. The zero-order chi connectivity index (χ0) is 19.7. The fraction of sp³-hybridized carbons (Fsp3) is 0.190. The molecule has 0 aliphatic carbocycles. The van der Waals surface area contributed by atoms with Gasteiger partial charge in [-0.05, 0) is 29.8 Å². The maximum Gasteiger partial charge on any atom is 0.230 e. The molecule has 28 heavy (non-hydrogen) atoms. The van der Waals surface area contributed by atoms with E-state index in [0.717, 1.165) is 11.3 Å². The highest BCUT2D eigenvalue weighted by atomic mass is 19.1. The third kappa shape index (κ3) is 3.51. The number of amides is 2. The molecule has 0 radical (unpaired) electrons. The second-order valence-electron chi connectivity index (χ2n) is 6.86. The summed E-state index contributed by atoms with van der Waals surface area (Å²) in [6.45, 7) is 0.361. The van der Waals surface area contributed by atoms with Gasteiger partial charge in [0.2, 0.25) is 11.8 Å². The van der Waals surface area contributed by atoms with Crippen LogP contribution in [0.5, 0.6) is 0 Å². The van der Waals surface area contributed by atoms with E-state index in [4.69, 9.17) is 0 Å². The van der Waals surface area contributed by atoms with Gasteiger partial charge in [-0.15, -0.1) is 0 Å². The van der Waals surface area contributed by atoms with E-state index in [9.17, 15) is 14.0 Å². The smallest absolute Gasteiger partial charge is 0.230 e. The molecule has 0 saturated heterocycles. The van der Waals surface area contributed by atoms with Crippen LogP contribution in [0.15, 0.2) is 60.9 Å². The summed E-state index contributed by atoms with van der Waals surface area (Å²) in [4.78, 5) is 26.5. The van der Waals surface area contributed by atoms with E-state index in [1.807, 2.05) is 36.5 Å². The number of anilines is 1. The molecule has 2 aromatic carbocycles. The number of para-hydroxylation sites is 1. The van der Waals surface area contributed by atoms with Crippen molar-refractivity contribution in [1.82, 2.24) is 14.7 Å². The number of carbonyl (C=O) groups excluding carboxylic acids is 2. The maximum atomic E-state index is 13.5. The first-order valence-corrected chi connectivity index (χ1v) is 8.94. The van der Waals surface area contributed by atoms with E-state index in [2.05, 4.69) is 10.4 Å². The van der Waals surface area contributed by atoms with Gasteiger partial charge in [0.15, 0.2) is 0 Å². The monoisotopic (exact) mass is 378 g/mol. The number of nitrogens with zero attached hydrogens (tertiary/aromatic N) is 3. The van der Waals surface area contributed by atoms with Gasteiger partial charge in [-0.1, -0.05) is 24.3 Å². The number of hydrogen-bond donors (Lipinski definition) is 1. The molecule has 0 fully saturated rings. The summed E-state index contributed by atoms with van der Waals surface area (Å²) in [6, 6.07) is 13.8. The quantitative estimate of drug-likeness (QED) is 0.759. The molecule has 2 amide bonds. The molecule has 1 N–H and O–H groups in total. The van der Waals surface area contributed by atoms with Crippen molar-refractivity contribution in [1.29, 1.82) is 0 Å². The van der Waals surface area contributed by atoms with Crippen molar-refractivity contribution < 1.29 is 14.0 Å². The molecule has 3 aromatic rings. The van der Waals surface area contributed by atoms with Crippen LogP contribution in [0.3, 0.4) is 0 Å². The summed E-state index contributed by atoms with van der Waals surface area (Å²) in [5, 5.41) is 6.97. The normalized spacial score (nSPS) is 15.6. The van der Waals surface area contributed by atoms with Crippen LogP contribution in [0.1, 0.15) is 23.5 Å². The van der Waals surface area contributed by atoms with Crippen LogP contribution in [-0.2, 0) is 16.1 Å². The van der Waals surface area contributed by atoms with Crippen molar-refractivity contribution in [2.45, 2.75) is 18.9 Å². The molecular weight excluding hydrogens is 359 g/mol. The van der Waals surface area contributed by atoms with Gasteiger partial charge in [-0.25, -0.2) is 9.07 Å². The molecule has 4 rings (SSSR count). The zero-order valence-electron chi connectivity index (χ0n) is 15.3. The molecular formula is C21H19FN4O2. The summed E-state index contributed by atoms with van der Waals surface area (Å²) in [7, 11) is 1.69. The van der Waals surface area contributed by atoms with Crippen molar-refractivity contribution in [3.63, 3.8) is 0 Å². The highest BCUT2D eigenvalue weighted by molar-refractivity contribution is 6.01. The average molecular weight is 378 g/mol. The molecule has 6 nitrogen and oxygen atoms in total. The van der Waals surface area contributed by atoms with Crippen LogP contribution in [-0.4, -0.2) is 33.5 Å². The van der Waals surface area contributed by atoms with Gasteiger partial charge in [-0.3, -0.25) is 9.59 Å². The Morgan fingerprint density at radius 3 is 2.86 bits per heavy atom. The van der Waals surface area contributed by atoms with Crippen LogP contribution in [0, 0.1) is 5.82 Å². The van der Waals surface area contributed by atoms with E-state index in [1.165, 1.54) is 12.1 Å². The summed E-state index contributed by atoms with van der Waals surface area (Å²) in [5.41, 5.74) is 2.81. The van der Waals surface area contributed by atoms with Gasteiger partial charge in [-0.2, -0.15) is 5.10 Å². The molecule has 0 spiro atoms. The number of benzene rings is 2. The van der Waals surface area contributed by atoms with Gasteiger partial charge in [0.1, 0.15) is 5.82 Å². The highest BCUT2D eigenvalue weighted by Gasteiger charge is 2.32. The standard InChI is InChI=1S/C21H19FN4O2/c1-25(12-14-11-23-26(13-14)16-5-3-2-4-6-16)21(28)18-10-20(27)24-19-9-15(22)7-8-17(18)19/h2-9,11,13,18H,10,12H2,1H3,(H,24,27)/t18-/m0/s1. The fourth-order valence-corrected chi connectivity index (χ4v) is 3.44. The van der Waals surface area contributed by atoms with Crippen LogP contribution in [0.4, 0.5) is 10.1 Å². The Morgan fingerprint density at radius 2 is 2.07 bits per heavy atom. The van der Waals surface area contributed by atoms with Crippen LogP contribution < -0.4 is 5.32 Å². The van der Waals surface area contributed by atoms with Gasteiger partial charge < -0.3 is 10.2 Å². The number of rotatable bonds is 4. The topological polar surface area (TPSA) is 67.2 Å². The fourth-order valence-electron chi connectivity index (χ4n) is 3.44. The number of fused-ring (bicyclic) bond motifs is 1. The lowest BCUT2D eigenvalue weighted by Crippen LogP contribution is -2.36. The summed E-state index contributed by atoms with van der Waals surface area (Å²) in [6.07, 6.45) is 3.63. The van der Waals surface area contributed by atoms with E-state index >= 15 is 0 Å². The van der Waals surface area contributed by atoms with Gasteiger partial charge in [0.25, 0.3) is 0 Å². The average Bonchev–Trinajstić information content (AvgIpc) is 3.15. The van der Waals surface area contributed by atoms with Gasteiger partial charge in [0, 0.05) is 37.5 Å². The van der Waals surface area contributed by atoms with Crippen LogP contribution in [0.25, 0.3) is 5.69 Å². The maximum absolute atomic E-state index is 13.5. The summed E-state index contributed by atoms with van der Waals surface area (Å²) >= 11 is 0. The number of nitrogens with one attached hydrogen (secondary N) is 1. The first kappa shape index (κ1) is 17.9. The number of likely N-dealkylation sites (N-methyl/N-ethyl adjacent to an activating group) is 1. The number of carbonyl (C=O) groups is 2. The lowest BCUT2D eigenvalue weighted by molar-refractivity contribution is -0.134. The minimum atomic E-state index is -0.626. The first-order chi connectivity index (χ1) is 13.5. The molecule has 1 atom stereocenters. The second kappa shape index (κ2) is 7.26. The van der Waals surface area contributed by atoms with Crippen LogP contribution >= 0.6 is 0 Å². The summed E-state index contributed by atoms with van der Waals surface area (Å²) in [5.74, 6) is -1.55. The van der Waals surface area contributed by atoms with Crippen LogP contribution in [0.2, 0.25) is 0 Å². The lowest BCUT2D eigenvalue weighted by atomic mass is 9.89. The van der Waals surface area contributed by atoms with Crippen molar-refractivity contribution in [2.24, 2.45) is 0 Å². The SMILES string of the molecule is CN(Cc1cnn(-c2ccccc2)c1)C(=O)[C@H]1CC(=O)Nc2cc(F)ccc21. The molecule has 0 bridgehead atoms. The molecule has 1 aromatic heterocycles. The van der Waals surface area contributed by atoms with E-state index < -0.39 is 11.7 Å².